The fourth-order valence-electron chi connectivity index (χ4n) is 1.95. The van der Waals surface area contributed by atoms with Gasteiger partial charge in [-0.2, -0.15) is 12.1 Å². The third-order valence-electron chi connectivity index (χ3n) is 2.80. The number of benzene rings is 1. The average molecular weight is 410 g/mol. The van der Waals surface area contributed by atoms with Crippen LogP contribution < -0.4 is 10.3 Å². The van der Waals surface area contributed by atoms with Gasteiger partial charge in [-0.3, -0.25) is 4.79 Å². The predicted octanol–water partition coefficient (Wildman–Crippen LogP) is 3.49. The maximum Gasteiger partial charge on any atom is 0.194 e. The van der Waals surface area contributed by atoms with E-state index in [9.17, 15) is 4.79 Å². The molecule has 3 nitrogen and oxygen atoms in total. The Labute approximate surface area is 152 Å². The first-order valence-electron chi connectivity index (χ1n) is 6.21. The fourth-order valence-corrected chi connectivity index (χ4v) is 2.50. The van der Waals surface area contributed by atoms with E-state index in [0.29, 0.717) is 13.2 Å². The van der Waals surface area contributed by atoms with Crippen LogP contribution in [-0.2, 0) is 39.3 Å². The van der Waals surface area contributed by atoms with Gasteiger partial charge in [0.15, 0.2) is 5.56 Å². The molecule has 0 spiro atoms. The van der Waals surface area contributed by atoms with Crippen molar-refractivity contribution >= 4 is 15.9 Å². The summed E-state index contributed by atoms with van der Waals surface area (Å²) < 4.78 is 8.04. The van der Waals surface area contributed by atoms with Crippen LogP contribution in [0.2, 0.25) is 0 Å². The molecule has 0 aliphatic heterocycles. The first-order chi connectivity index (χ1) is 9.17. The Bertz CT molecular complexity index is 640. The van der Waals surface area contributed by atoms with Crippen LogP contribution >= 0.6 is 15.9 Å². The second kappa shape index (κ2) is 8.11. The molecular formula is C15H15BrNO2Y-. The van der Waals surface area contributed by atoms with E-state index in [1.54, 1.807) is 10.6 Å². The van der Waals surface area contributed by atoms with Gasteiger partial charge in [0.05, 0.1) is 6.61 Å². The Morgan fingerprint density at radius 3 is 2.65 bits per heavy atom. The number of hydrogen-bond donors (Lipinski definition) is 0. The van der Waals surface area contributed by atoms with E-state index >= 15 is 0 Å². The van der Waals surface area contributed by atoms with Crippen LogP contribution in [-0.4, -0.2) is 11.2 Å². The van der Waals surface area contributed by atoms with E-state index in [1.807, 2.05) is 32.0 Å². The third kappa shape index (κ3) is 3.81. The van der Waals surface area contributed by atoms with E-state index in [-0.39, 0.29) is 38.3 Å². The van der Waals surface area contributed by atoms with Crippen molar-refractivity contribution in [3.05, 3.63) is 51.2 Å². The Hall–Kier alpha value is -0.446. The number of pyridine rings is 1. The minimum Gasteiger partial charge on any atom is -0.494 e. The van der Waals surface area contributed by atoms with E-state index in [2.05, 4.69) is 22.0 Å². The molecule has 5 heteroatoms. The largest absolute Gasteiger partial charge is 0.494 e. The number of nitrogens with zero attached hydrogens (tertiary/aromatic N) is 1. The predicted molar refractivity (Wildman–Crippen MR) is 79.5 cm³/mol. The zero-order valence-electron chi connectivity index (χ0n) is 11.5. The molecule has 0 atom stereocenters. The molecule has 1 radical (unpaired) electrons. The Balaban J connectivity index is 0.00000200. The van der Waals surface area contributed by atoms with Gasteiger partial charge in [0.2, 0.25) is 0 Å². The summed E-state index contributed by atoms with van der Waals surface area (Å²) in [6, 6.07) is 12.1. The molecule has 1 aromatic carbocycles. The van der Waals surface area contributed by atoms with Crippen molar-refractivity contribution in [1.29, 1.82) is 0 Å². The van der Waals surface area contributed by atoms with Crippen molar-refractivity contribution in [2.24, 2.45) is 0 Å². The van der Waals surface area contributed by atoms with Crippen LogP contribution in [0.3, 0.4) is 0 Å². The molecule has 2 rings (SSSR count). The summed E-state index contributed by atoms with van der Waals surface area (Å²) in [5.74, 6) is 0.805. The molecular weight excluding hydrogens is 395 g/mol. The fraction of sp³-hybridized carbons (Fsp3) is 0.267. The van der Waals surface area contributed by atoms with Gasteiger partial charge in [-0.05, 0) is 30.5 Å². The molecule has 0 amide bonds. The van der Waals surface area contributed by atoms with Gasteiger partial charge in [-0.1, -0.05) is 33.3 Å². The normalized spacial score (nSPS) is 9.95. The van der Waals surface area contributed by atoms with Crippen LogP contribution in [0.25, 0.3) is 11.3 Å². The van der Waals surface area contributed by atoms with E-state index in [1.165, 1.54) is 6.07 Å². The molecule has 0 fully saturated rings. The molecule has 1 aromatic heterocycles. The van der Waals surface area contributed by atoms with Crippen molar-refractivity contribution in [2.75, 3.05) is 6.61 Å². The van der Waals surface area contributed by atoms with Crippen molar-refractivity contribution in [3.63, 3.8) is 0 Å². The summed E-state index contributed by atoms with van der Waals surface area (Å²) in [5.41, 5.74) is 1.70. The maximum atomic E-state index is 11.8. The van der Waals surface area contributed by atoms with Gasteiger partial charge in [-0.25, -0.2) is 0 Å². The molecule has 0 aliphatic rings. The van der Waals surface area contributed by atoms with Crippen molar-refractivity contribution < 1.29 is 37.4 Å². The minimum absolute atomic E-state index is 0. The second-order valence-electron chi connectivity index (χ2n) is 3.98. The van der Waals surface area contributed by atoms with Gasteiger partial charge >= 0.3 is 0 Å². The summed E-state index contributed by atoms with van der Waals surface area (Å²) in [5, 5.41) is 0. The Morgan fingerprint density at radius 1 is 1.30 bits per heavy atom. The van der Waals surface area contributed by atoms with E-state index < -0.39 is 0 Å². The zero-order chi connectivity index (χ0) is 13.8. The van der Waals surface area contributed by atoms with Crippen molar-refractivity contribution in [3.8, 4) is 17.0 Å². The topological polar surface area (TPSA) is 31.2 Å². The molecule has 0 saturated heterocycles. The first kappa shape index (κ1) is 17.6. The van der Waals surface area contributed by atoms with Gasteiger partial charge < -0.3 is 9.30 Å². The summed E-state index contributed by atoms with van der Waals surface area (Å²) in [4.78, 5) is 11.8. The summed E-state index contributed by atoms with van der Waals surface area (Å²) in [6.45, 7) is 5.14. The first-order valence-corrected chi connectivity index (χ1v) is 7.01. The molecule has 0 unspecified atom stereocenters. The molecule has 0 saturated carbocycles. The van der Waals surface area contributed by atoms with Gasteiger partial charge in [0.1, 0.15) is 5.75 Å². The van der Waals surface area contributed by atoms with Crippen LogP contribution in [0.5, 0.6) is 5.75 Å². The van der Waals surface area contributed by atoms with Crippen molar-refractivity contribution in [1.82, 2.24) is 4.57 Å². The zero-order valence-corrected chi connectivity index (χ0v) is 15.9. The van der Waals surface area contributed by atoms with E-state index in [0.717, 1.165) is 21.5 Å². The number of halogens is 1. The number of ether oxygens (including phenoxy) is 1. The number of hydrogen-bond acceptors (Lipinski definition) is 2. The van der Waals surface area contributed by atoms with Crippen molar-refractivity contribution in [2.45, 2.75) is 20.4 Å². The number of aromatic nitrogens is 1. The average Bonchev–Trinajstić information content (AvgIpc) is 2.39. The molecule has 0 aliphatic carbocycles. The SMILES string of the molecule is CCOc1ccc(-c2[c-]ccc(=O)n2CC)c(Br)c1.[Y]. The molecule has 2 aromatic rings. The second-order valence-corrected chi connectivity index (χ2v) is 4.84. The summed E-state index contributed by atoms with van der Waals surface area (Å²) >= 11 is 3.53. The summed E-state index contributed by atoms with van der Waals surface area (Å²) in [6.07, 6.45) is 0. The van der Waals surface area contributed by atoms with Crippen LogP contribution in [0.15, 0.2) is 39.6 Å². The van der Waals surface area contributed by atoms with E-state index in [4.69, 9.17) is 4.74 Å². The summed E-state index contributed by atoms with van der Waals surface area (Å²) in [7, 11) is 0. The van der Waals surface area contributed by atoms with Crippen LogP contribution in [0.1, 0.15) is 13.8 Å². The monoisotopic (exact) mass is 409 g/mol. The standard InChI is InChI=1S/C15H15BrNO2.Y/c1-3-17-14(6-5-7-15(17)18)12-9-8-11(19-4-2)10-13(12)16;/h5,7-10H,3-4H2,1-2H3;/q-1;. The van der Waals surface area contributed by atoms with Crippen LogP contribution in [0.4, 0.5) is 0 Å². The van der Waals surface area contributed by atoms with Gasteiger partial charge in [0, 0.05) is 39.3 Å². The molecule has 0 N–H and O–H groups in total. The third-order valence-corrected chi connectivity index (χ3v) is 3.46. The van der Waals surface area contributed by atoms with Gasteiger partial charge in [0.25, 0.3) is 0 Å². The quantitative estimate of drug-likeness (QED) is 0.723. The maximum absolute atomic E-state index is 11.8. The Morgan fingerprint density at radius 2 is 2.05 bits per heavy atom. The minimum atomic E-state index is -0.0166. The number of rotatable bonds is 4. The molecule has 20 heavy (non-hydrogen) atoms. The van der Waals surface area contributed by atoms with Gasteiger partial charge in [-0.15, -0.1) is 6.07 Å². The molecule has 103 valence electrons. The smallest absolute Gasteiger partial charge is 0.194 e. The Kier molecular flexibility index (Phi) is 7.14. The molecule has 1 heterocycles. The van der Waals surface area contributed by atoms with Crippen LogP contribution in [0, 0.1) is 6.07 Å². The molecule has 0 bridgehead atoms.